The molecular weight excluding hydrogens is 671 g/mol. The minimum Gasteiger partial charge on any atom is -0.461 e. The number of nitrogens with one attached hydrogen (secondary N) is 1. The van der Waals surface area contributed by atoms with Crippen LogP contribution in [-0.2, 0) is 14.3 Å². The topological polar surface area (TPSA) is 95.9 Å². The number of amides is 1. The lowest BCUT2D eigenvalue weighted by molar-refractivity contribution is -0.150. The lowest BCUT2D eigenvalue weighted by atomic mass is 10.0. The highest BCUT2D eigenvalue weighted by Crippen LogP contribution is 2.16. The molecule has 0 heterocycles. The molecule has 0 aromatic heterocycles. The normalized spacial score (nSPS) is 14.1. The Morgan fingerprint density at radius 1 is 0.574 bits per heavy atom. The molecule has 1 amide bonds. The molecule has 3 unspecified atom stereocenters. The Balaban J connectivity index is 4.70. The molecule has 0 aliphatic carbocycles. The quantitative estimate of drug-likeness (QED) is 0.0252. The first-order chi connectivity index (χ1) is 26.5. The van der Waals surface area contributed by atoms with Crippen molar-refractivity contribution in [2.24, 2.45) is 0 Å². The molecule has 6 heteroatoms. The van der Waals surface area contributed by atoms with Gasteiger partial charge in [-0.25, -0.2) is 0 Å². The molecule has 0 radical (unpaired) electrons. The van der Waals surface area contributed by atoms with Gasteiger partial charge in [-0.15, -0.1) is 0 Å². The second-order valence-corrected chi connectivity index (χ2v) is 14.8. The van der Waals surface area contributed by atoms with E-state index in [0.717, 1.165) is 64.2 Å². The standard InChI is InChI=1S/C48H83NO5/c1-4-7-10-13-16-19-22-23-24-26-28-31-34-37-40-46(51)45(43-50)49-47(52)42-44(39-36-33-30-27-25-20-17-14-11-8-5-2)54-48(53)41-38-35-32-29-21-18-15-12-9-6-3/h8,11-12,14-15,17,20,25,27,30,33,36,44-46,50-51H,4-7,9-10,13,16,18-19,21-24,26,28-29,31-32,34-35,37-43H2,1-3H3,(H,49,52)/b11-8+,15-12-,17-14+,25-20-,30-27-,36-33+. The average molecular weight is 754 g/mol. The summed E-state index contributed by atoms with van der Waals surface area (Å²) < 4.78 is 5.79. The molecular formula is C48H83NO5. The van der Waals surface area contributed by atoms with Gasteiger partial charge < -0.3 is 20.3 Å². The Bertz CT molecular complexity index is 1030. The zero-order valence-electron chi connectivity index (χ0n) is 35.1. The number of aliphatic hydroxyl groups excluding tert-OH is 2. The van der Waals surface area contributed by atoms with Crippen molar-refractivity contribution in [3.63, 3.8) is 0 Å². The monoisotopic (exact) mass is 754 g/mol. The van der Waals surface area contributed by atoms with Gasteiger partial charge in [0.25, 0.3) is 0 Å². The van der Waals surface area contributed by atoms with E-state index in [1.54, 1.807) is 0 Å². The molecule has 0 fully saturated rings. The van der Waals surface area contributed by atoms with Crippen LogP contribution in [0.15, 0.2) is 72.9 Å². The van der Waals surface area contributed by atoms with Crippen molar-refractivity contribution in [2.75, 3.05) is 6.61 Å². The molecule has 0 aliphatic rings. The van der Waals surface area contributed by atoms with Gasteiger partial charge in [-0.3, -0.25) is 9.59 Å². The van der Waals surface area contributed by atoms with E-state index in [2.05, 4.69) is 44.3 Å². The summed E-state index contributed by atoms with van der Waals surface area (Å²) in [7, 11) is 0. The summed E-state index contributed by atoms with van der Waals surface area (Å²) >= 11 is 0. The number of aliphatic hydroxyl groups is 2. The van der Waals surface area contributed by atoms with Crippen LogP contribution >= 0.6 is 0 Å². The van der Waals surface area contributed by atoms with E-state index >= 15 is 0 Å². The summed E-state index contributed by atoms with van der Waals surface area (Å²) in [6.45, 7) is 6.21. The Hall–Kier alpha value is -2.70. The average Bonchev–Trinajstić information content (AvgIpc) is 3.16. The fourth-order valence-electron chi connectivity index (χ4n) is 6.28. The lowest BCUT2D eigenvalue weighted by Crippen LogP contribution is -2.46. The van der Waals surface area contributed by atoms with E-state index in [-0.39, 0.29) is 24.9 Å². The number of hydrogen-bond acceptors (Lipinski definition) is 5. The van der Waals surface area contributed by atoms with Crippen LogP contribution in [-0.4, -0.2) is 46.9 Å². The van der Waals surface area contributed by atoms with Crippen LogP contribution in [0.1, 0.15) is 194 Å². The van der Waals surface area contributed by atoms with E-state index in [1.165, 1.54) is 83.5 Å². The molecule has 0 rings (SSSR count). The highest BCUT2D eigenvalue weighted by atomic mass is 16.5. The Labute approximate surface area is 332 Å². The van der Waals surface area contributed by atoms with Crippen molar-refractivity contribution in [1.29, 1.82) is 0 Å². The van der Waals surface area contributed by atoms with Crippen LogP contribution in [0, 0.1) is 0 Å². The van der Waals surface area contributed by atoms with Crippen molar-refractivity contribution in [3.8, 4) is 0 Å². The first-order valence-electron chi connectivity index (χ1n) is 22.2. The molecule has 3 N–H and O–H groups in total. The van der Waals surface area contributed by atoms with Crippen molar-refractivity contribution in [2.45, 2.75) is 212 Å². The third-order valence-electron chi connectivity index (χ3n) is 9.63. The number of carbonyl (C=O) groups excluding carboxylic acids is 2. The molecule has 0 spiro atoms. The lowest BCUT2D eigenvalue weighted by Gasteiger charge is -2.24. The summed E-state index contributed by atoms with van der Waals surface area (Å²) in [4.78, 5) is 25.8. The predicted octanol–water partition coefficient (Wildman–Crippen LogP) is 12.7. The maximum absolute atomic E-state index is 13.1. The zero-order chi connectivity index (χ0) is 39.6. The summed E-state index contributed by atoms with van der Waals surface area (Å²) in [5, 5.41) is 23.6. The van der Waals surface area contributed by atoms with Crippen molar-refractivity contribution >= 4 is 11.9 Å². The molecule has 54 heavy (non-hydrogen) atoms. The summed E-state index contributed by atoms with van der Waals surface area (Å²) in [5.41, 5.74) is 0. The van der Waals surface area contributed by atoms with E-state index in [9.17, 15) is 19.8 Å². The van der Waals surface area contributed by atoms with Crippen molar-refractivity contribution in [1.82, 2.24) is 5.32 Å². The third kappa shape index (κ3) is 36.3. The van der Waals surface area contributed by atoms with Crippen LogP contribution in [0.3, 0.4) is 0 Å². The highest BCUT2D eigenvalue weighted by Gasteiger charge is 2.23. The fourth-order valence-corrected chi connectivity index (χ4v) is 6.28. The van der Waals surface area contributed by atoms with Gasteiger partial charge in [-0.05, 0) is 38.5 Å². The zero-order valence-corrected chi connectivity index (χ0v) is 35.1. The van der Waals surface area contributed by atoms with Gasteiger partial charge in [0.2, 0.25) is 5.91 Å². The summed E-state index contributed by atoms with van der Waals surface area (Å²) in [5.74, 6) is -0.627. The third-order valence-corrected chi connectivity index (χ3v) is 9.63. The number of rotatable bonds is 38. The highest BCUT2D eigenvalue weighted by molar-refractivity contribution is 5.77. The molecule has 0 aromatic rings. The maximum atomic E-state index is 13.1. The van der Waals surface area contributed by atoms with Crippen LogP contribution in [0.2, 0.25) is 0 Å². The first kappa shape index (κ1) is 51.3. The Morgan fingerprint density at radius 3 is 1.63 bits per heavy atom. The predicted molar refractivity (Wildman–Crippen MR) is 231 cm³/mol. The Kier molecular flexibility index (Phi) is 39.4. The van der Waals surface area contributed by atoms with Crippen LogP contribution in [0.25, 0.3) is 0 Å². The molecule has 310 valence electrons. The van der Waals surface area contributed by atoms with E-state index in [4.69, 9.17) is 4.74 Å². The van der Waals surface area contributed by atoms with Gasteiger partial charge in [-0.1, -0.05) is 209 Å². The first-order valence-corrected chi connectivity index (χ1v) is 22.2. The van der Waals surface area contributed by atoms with Crippen molar-refractivity contribution < 1.29 is 24.5 Å². The minimum absolute atomic E-state index is 0.0244. The number of carbonyl (C=O) groups is 2. The SMILES string of the molecule is CC/C=C/C=C/C=C\C=C/C=C/CC(CC(=O)NC(CO)C(O)CCCCCCCCCCCCCCCC)OC(=O)CCCCCCC/C=C\CCC. The molecule has 0 saturated heterocycles. The smallest absolute Gasteiger partial charge is 0.306 e. The fraction of sp³-hybridized carbons (Fsp3) is 0.708. The van der Waals surface area contributed by atoms with E-state index in [0.29, 0.717) is 19.3 Å². The van der Waals surface area contributed by atoms with Crippen LogP contribution in [0.4, 0.5) is 0 Å². The molecule has 3 atom stereocenters. The van der Waals surface area contributed by atoms with E-state index < -0.39 is 18.2 Å². The minimum atomic E-state index is -0.819. The van der Waals surface area contributed by atoms with Gasteiger partial charge in [0.05, 0.1) is 25.2 Å². The number of allylic oxidation sites excluding steroid dienone is 11. The van der Waals surface area contributed by atoms with Gasteiger partial charge in [0.1, 0.15) is 6.10 Å². The number of ether oxygens (including phenoxy) is 1. The molecule has 0 aromatic carbocycles. The van der Waals surface area contributed by atoms with Crippen LogP contribution in [0.5, 0.6) is 0 Å². The molecule has 0 aliphatic heterocycles. The van der Waals surface area contributed by atoms with Gasteiger partial charge in [-0.2, -0.15) is 0 Å². The molecule has 0 saturated carbocycles. The second kappa shape index (κ2) is 41.5. The van der Waals surface area contributed by atoms with Gasteiger partial charge >= 0.3 is 5.97 Å². The van der Waals surface area contributed by atoms with Gasteiger partial charge in [0, 0.05) is 12.8 Å². The Morgan fingerprint density at radius 2 is 1.07 bits per heavy atom. The number of hydrogen-bond donors (Lipinski definition) is 3. The molecule has 6 nitrogen and oxygen atoms in total. The van der Waals surface area contributed by atoms with Crippen LogP contribution < -0.4 is 5.32 Å². The largest absolute Gasteiger partial charge is 0.461 e. The maximum Gasteiger partial charge on any atom is 0.306 e. The summed E-state index contributed by atoms with van der Waals surface area (Å²) in [6.07, 6.45) is 51.3. The number of esters is 1. The summed E-state index contributed by atoms with van der Waals surface area (Å²) in [6, 6.07) is -0.741. The molecule has 0 bridgehead atoms. The number of unbranched alkanes of at least 4 members (excludes halogenated alkanes) is 19. The van der Waals surface area contributed by atoms with E-state index in [1.807, 2.05) is 54.7 Å². The van der Waals surface area contributed by atoms with Gasteiger partial charge in [0.15, 0.2) is 0 Å². The van der Waals surface area contributed by atoms with Crippen molar-refractivity contribution in [3.05, 3.63) is 72.9 Å². The second-order valence-electron chi connectivity index (χ2n) is 14.8.